The largest absolute Gasteiger partial charge is 0.457 e. The zero-order valence-electron chi connectivity index (χ0n) is 11.4. The van der Waals surface area contributed by atoms with Gasteiger partial charge in [0.15, 0.2) is 0 Å². The molecule has 0 N–H and O–H groups in total. The Kier molecular flexibility index (Phi) is 3.56. The predicted octanol–water partition coefficient (Wildman–Crippen LogP) is 4.80. The van der Waals surface area contributed by atoms with Crippen LogP contribution in [0.1, 0.15) is 23.6 Å². The van der Waals surface area contributed by atoms with Gasteiger partial charge in [-0.1, -0.05) is 54.6 Å². The van der Waals surface area contributed by atoms with Gasteiger partial charge in [-0.3, -0.25) is 0 Å². The van der Waals surface area contributed by atoms with Crippen molar-refractivity contribution in [3.05, 3.63) is 71.3 Å². The lowest BCUT2D eigenvalue weighted by Crippen LogP contribution is -2.22. The average molecular weight is 378 g/mol. The highest BCUT2D eigenvalue weighted by Gasteiger charge is 2.40. The second-order valence-electron chi connectivity index (χ2n) is 4.81. The smallest absolute Gasteiger partial charge is 0.235 e. The molecule has 1 unspecified atom stereocenters. The fraction of sp³-hybridized carbons (Fsp3) is 0.176. The molecule has 0 spiro atoms. The van der Waals surface area contributed by atoms with Gasteiger partial charge in [-0.2, -0.15) is 0 Å². The Hall–Kier alpha value is -1.33. The van der Waals surface area contributed by atoms with Gasteiger partial charge in [-0.05, 0) is 28.2 Å². The molecule has 2 aromatic rings. The van der Waals surface area contributed by atoms with Crippen LogP contribution in [0.2, 0.25) is 0 Å². The lowest BCUT2D eigenvalue weighted by molar-refractivity contribution is -0.165. The van der Waals surface area contributed by atoms with Crippen molar-refractivity contribution in [3.63, 3.8) is 0 Å². The van der Waals surface area contributed by atoms with Gasteiger partial charge in [0.2, 0.25) is 5.79 Å². The predicted molar refractivity (Wildman–Crippen MR) is 89.2 cm³/mol. The first-order chi connectivity index (χ1) is 9.65. The van der Waals surface area contributed by atoms with Crippen LogP contribution in [0.5, 0.6) is 0 Å². The number of benzene rings is 2. The molecular weight excluding hydrogens is 363 g/mol. The minimum absolute atomic E-state index is 0.711. The second kappa shape index (κ2) is 5.22. The van der Waals surface area contributed by atoms with Crippen molar-refractivity contribution in [3.8, 4) is 0 Å². The van der Waals surface area contributed by atoms with Crippen LogP contribution in [0.25, 0.3) is 9.34 Å². The molecule has 0 fully saturated rings. The van der Waals surface area contributed by atoms with Gasteiger partial charge in [0.05, 0.1) is 3.58 Å². The molecule has 20 heavy (non-hydrogen) atoms. The van der Waals surface area contributed by atoms with Crippen molar-refractivity contribution in [1.82, 2.24) is 0 Å². The molecule has 0 aromatic heterocycles. The third-order valence-corrected chi connectivity index (χ3v) is 4.69. The summed E-state index contributed by atoms with van der Waals surface area (Å²) in [4.78, 5) is 0. The van der Waals surface area contributed by atoms with E-state index in [1.165, 1.54) is 0 Å². The minimum Gasteiger partial charge on any atom is -0.457 e. The fourth-order valence-corrected chi connectivity index (χ4v) is 3.17. The molecule has 0 saturated heterocycles. The van der Waals surface area contributed by atoms with Gasteiger partial charge in [0, 0.05) is 25.2 Å². The molecule has 102 valence electrons. The van der Waals surface area contributed by atoms with Crippen LogP contribution in [-0.2, 0) is 15.3 Å². The van der Waals surface area contributed by atoms with Crippen LogP contribution in [0.15, 0.2) is 54.6 Å². The van der Waals surface area contributed by atoms with E-state index in [9.17, 15) is 0 Å². The van der Waals surface area contributed by atoms with Gasteiger partial charge in [0.1, 0.15) is 5.76 Å². The highest BCUT2D eigenvalue weighted by Crippen LogP contribution is 2.47. The normalized spacial score (nSPS) is 23.1. The monoisotopic (exact) mass is 378 g/mol. The van der Waals surface area contributed by atoms with E-state index in [-0.39, 0.29) is 0 Å². The molecule has 0 saturated carbocycles. The second-order valence-corrected chi connectivity index (χ2v) is 5.89. The molecule has 0 aliphatic carbocycles. The first-order valence-electron chi connectivity index (χ1n) is 6.45. The molecule has 2 aromatic carbocycles. The maximum absolute atomic E-state index is 6.13. The standard InChI is InChI=1S/C17H15IO2/c1-17(19-2)14-11-7-6-10-13(14)16(20-17)15(18)12-8-4-3-5-9-12/h3-11H,1-2H3/b16-15+. The summed E-state index contributed by atoms with van der Waals surface area (Å²) in [6.45, 7) is 1.95. The highest BCUT2D eigenvalue weighted by atomic mass is 127. The molecular formula is C17H15IO2. The van der Waals surface area contributed by atoms with Gasteiger partial charge in [0.25, 0.3) is 0 Å². The van der Waals surface area contributed by atoms with E-state index in [4.69, 9.17) is 9.47 Å². The van der Waals surface area contributed by atoms with Crippen molar-refractivity contribution in [2.75, 3.05) is 7.11 Å². The molecule has 1 atom stereocenters. The Morgan fingerprint density at radius 1 is 1.05 bits per heavy atom. The van der Waals surface area contributed by atoms with E-state index in [0.717, 1.165) is 26.0 Å². The van der Waals surface area contributed by atoms with Crippen molar-refractivity contribution in [1.29, 1.82) is 0 Å². The van der Waals surface area contributed by atoms with Gasteiger partial charge in [-0.25, -0.2) is 0 Å². The lowest BCUT2D eigenvalue weighted by atomic mass is 10.0. The highest BCUT2D eigenvalue weighted by molar-refractivity contribution is 14.1. The Morgan fingerprint density at radius 3 is 2.40 bits per heavy atom. The van der Waals surface area contributed by atoms with E-state index in [2.05, 4.69) is 46.9 Å². The van der Waals surface area contributed by atoms with Crippen LogP contribution in [0.3, 0.4) is 0 Å². The molecule has 0 amide bonds. The molecule has 3 heteroatoms. The molecule has 2 nitrogen and oxygen atoms in total. The number of methoxy groups -OCH3 is 1. The number of ether oxygens (including phenoxy) is 2. The van der Waals surface area contributed by atoms with Crippen LogP contribution < -0.4 is 0 Å². The van der Waals surface area contributed by atoms with E-state index in [1.54, 1.807) is 7.11 Å². The lowest BCUT2D eigenvalue weighted by Gasteiger charge is -2.23. The molecule has 0 bridgehead atoms. The molecule has 1 aliphatic heterocycles. The Balaban J connectivity index is 2.18. The maximum Gasteiger partial charge on any atom is 0.235 e. The van der Waals surface area contributed by atoms with Crippen LogP contribution in [-0.4, -0.2) is 7.11 Å². The fourth-order valence-electron chi connectivity index (χ4n) is 2.41. The first kappa shape index (κ1) is 13.6. The number of rotatable bonds is 2. The Bertz CT molecular complexity index is 664. The maximum atomic E-state index is 6.13. The summed E-state index contributed by atoms with van der Waals surface area (Å²) in [6, 6.07) is 18.4. The van der Waals surface area contributed by atoms with Crippen molar-refractivity contribution in [2.45, 2.75) is 12.7 Å². The Morgan fingerprint density at radius 2 is 1.70 bits per heavy atom. The number of hydrogen-bond donors (Lipinski definition) is 0. The summed E-state index contributed by atoms with van der Waals surface area (Å²) >= 11 is 2.34. The molecule has 1 heterocycles. The summed E-state index contributed by atoms with van der Waals surface area (Å²) < 4.78 is 12.8. The van der Waals surface area contributed by atoms with Crippen molar-refractivity contribution in [2.24, 2.45) is 0 Å². The first-order valence-corrected chi connectivity index (χ1v) is 7.53. The quantitative estimate of drug-likeness (QED) is 0.700. The van der Waals surface area contributed by atoms with E-state index in [1.807, 2.05) is 37.3 Å². The van der Waals surface area contributed by atoms with Crippen LogP contribution >= 0.6 is 22.6 Å². The minimum atomic E-state index is -0.711. The topological polar surface area (TPSA) is 18.5 Å². The Labute approximate surface area is 132 Å². The average Bonchev–Trinajstić information content (AvgIpc) is 2.82. The molecule has 3 rings (SSSR count). The van der Waals surface area contributed by atoms with Crippen molar-refractivity contribution >= 4 is 31.9 Å². The van der Waals surface area contributed by atoms with E-state index >= 15 is 0 Å². The molecule has 0 radical (unpaired) electrons. The summed E-state index contributed by atoms with van der Waals surface area (Å²) in [6.07, 6.45) is 0. The summed E-state index contributed by atoms with van der Waals surface area (Å²) in [7, 11) is 1.68. The summed E-state index contributed by atoms with van der Waals surface area (Å²) in [5, 5.41) is 0. The van der Waals surface area contributed by atoms with E-state index in [0.29, 0.717) is 0 Å². The van der Waals surface area contributed by atoms with Crippen LogP contribution in [0, 0.1) is 0 Å². The van der Waals surface area contributed by atoms with Gasteiger partial charge < -0.3 is 9.47 Å². The van der Waals surface area contributed by atoms with Gasteiger partial charge >= 0.3 is 0 Å². The third-order valence-electron chi connectivity index (χ3n) is 3.57. The molecule has 1 aliphatic rings. The summed E-state index contributed by atoms with van der Waals surface area (Å²) in [5.41, 5.74) is 3.32. The number of fused-ring (bicyclic) bond motifs is 1. The zero-order chi connectivity index (χ0) is 14.2. The van der Waals surface area contributed by atoms with Gasteiger partial charge in [-0.15, -0.1) is 0 Å². The number of hydrogen-bond acceptors (Lipinski definition) is 2. The van der Waals surface area contributed by atoms with E-state index < -0.39 is 5.79 Å². The number of halogens is 1. The third kappa shape index (κ3) is 2.15. The summed E-state index contributed by atoms with van der Waals surface area (Å²) in [5.74, 6) is 0.175. The zero-order valence-corrected chi connectivity index (χ0v) is 13.5. The SMILES string of the molecule is COC1(C)O/C(=C(/I)c2ccccc2)c2ccccc21. The van der Waals surface area contributed by atoms with Crippen molar-refractivity contribution < 1.29 is 9.47 Å². The van der Waals surface area contributed by atoms with Crippen LogP contribution in [0.4, 0.5) is 0 Å².